The molecular weight excluding hydrogens is 336 g/mol. The minimum atomic E-state index is 0.568. The molecule has 0 spiro atoms. The number of thioether (sulfide) groups is 1. The number of hydrogen-bond acceptors (Lipinski definition) is 5. The van der Waals surface area contributed by atoms with Crippen molar-refractivity contribution in [3.05, 3.63) is 63.6 Å². The minimum Gasteiger partial charge on any atom is -0.303 e. The van der Waals surface area contributed by atoms with Crippen LogP contribution in [0.15, 0.2) is 46.9 Å². The normalized spacial score (nSPS) is 13.8. The Bertz CT molecular complexity index is 856. The molecule has 120 valence electrons. The number of nitriles is 1. The van der Waals surface area contributed by atoms with Gasteiger partial charge in [0.05, 0.1) is 11.6 Å². The highest BCUT2D eigenvalue weighted by molar-refractivity contribution is 7.98. The number of hydrogen-bond donors (Lipinski definition) is 0. The lowest BCUT2D eigenvalue weighted by Crippen LogP contribution is -2.03. The van der Waals surface area contributed by atoms with Crippen molar-refractivity contribution in [3.63, 3.8) is 0 Å². The van der Waals surface area contributed by atoms with Crippen LogP contribution in [0.25, 0.3) is 0 Å². The molecule has 0 atom stereocenters. The predicted molar refractivity (Wildman–Crippen MR) is 96.1 cm³/mol. The van der Waals surface area contributed by atoms with Crippen LogP contribution in [0.2, 0.25) is 0 Å². The maximum atomic E-state index is 8.87. The Morgan fingerprint density at radius 3 is 2.71 bits per heavy atom. The van der Waals surface area contributed by atoms with Crippen LogP contribution in [0.4, 0.5) is 0 Å². The van der Waals surface area contributed by atoms with Gasteiger partial charge in [-0.15, -0.1) is 21.5 Å². The van der Waals surface area contributed by atoms with E-state index in [1.54, 1.807) is 23.1 Å². The van der Waals surface area contributed by atoms with E-state index >= 15 is 0 Å². The second-order valence-electron chi connectivity index (χ2n) is 5.85. The molecule has 4 rings (SSSR count). The van der Waals surface area contributed by atoms with Crippen LogP contribution >= 0.6 is 23.1 Å². The Morgan fingerprint density at radius 2 is 2.04 bits per heavy atom. The van der Waals surface area contributed by atoms with Gasteiger partial charge in [0, 0.05) is 23.1 Å². The predicted octanol–water partition coefficient (Wildman–Crippen LogP) is 4.43. The van der Waals surface area contributed by atoms with Gasteiger partial charge in [-0.3, -0.25) is 0 Å². The van der Waals surface area contributed by atoms with Gasteiger partial charge in [-0.25, -0.2) is 0 Å². The van der Waals surface area contributed by atoms with E-state index in [2.05, 4.69) is 38.3 Å². The largest absolute Gasteiger partial charge is 0.303 e. The molecule has 0 radical (unpaired) electrons. The zero-order valence-electron chi connectivity index (χ0n) is 13.1. The van der Waals surface area contributed by atoms with E-state index in [-0.39, 0.29) is 0 Å². The van der Waals surface area contributed by atoms with Crippen molar-refractivity contribution in [3.8, 4) is 6.07 Å². The molecule has 1 aromatic carbocycles. The van der Waals surface area contributed by atoms with Gasteiger partial charge in [0.1, 0.15) is 5.82 Å². The third-order valence-corrected chi connectivity index (χ3v) is 5.90. The molecule has 2 aromatic heterocycles. The Kier molecular flexibility index (Phi) is 4.37. The molecule has 0 aliphatic heterocycles. The van der Waals surface area contributed by atoms with Crippen molar-refractivity contribution < 1.29 is 0 Å². The smallest absolute Gasteiger partial charge is 0.191 e. The first-order valence-electron chi connectivity index (χ1n) is 7.91. The van der Waals surface area contributed by atoms with E-state index in [1.807, 2.05) is 24.3 Å². The molecule has 0 N–H and O–H groups in total. The highest BCUT2D eigenvalue weighted by atomic mass is 32.2. The van der Waals surface area contributed by atoms with E-state index in [9.17, 15) is 0 Å². The highest BCUT2D eigenvalue weighted by Gasteiger charge is 2.29. The summed E-state index contributed by atoms with van der Waals surface area (Å²) >= 11 is 3.49. The molecule has 1 aliphatic rings. The maximum absolute atomic E-state index is 8.87. The second-order valence-corrected chi connectivity index (χ2v) is 7.83. The van der Waals surface area contributed by atoms with Gasteiger partial charge in [0.15, 0.2) is 5.16 Å². The number of aromatic nitrogens is 3. The van der Waals surface area contributed by atoms with Crippen LogP contribution in [0.3, 0.4) is 0 Å². The first-order chi connectivity index (χ1) is 11.8. The molecule has 4 nitrogen and oxygen atoms in total. The standard InChI is InChI=1S/C18H16N4S2/c19-11-13-3-5-14(6-4-13)12-24-18-21-20-17(22(18)15-7-8-15)10-16-2-1-9-23-16/h1-6,9,15H,7-8,10,12H2. The first kappa shape index (κ1) is 15.4. The fraction of sp³-hybridized carbons (Fsp3) is 0.278. The quantitative estimate of drug-likeness (QED) is 0.616. The molecule has 1 fully saturated rings. The molecule has 3 aromatic rings. The summed E-state index contributed by atoms with van der Waals surface area (Å²) in [5.74, 6) is 1.91. The average Bonchev–Trinajstić information content (AvgIpc) is 3.17. The second kappa shape index (κ2) is 6.80. The first-order valence-corrected chi connectivity index (χ1v) is 9.78. The highest BCUT2D eigenvalue weighted by Crippen LogP contribution is 2.39. The lowest BCUT2D eigenvalue weighted by Gasteiger charge is -2.08. The summed E-state index contributed by atoms with van der Waals surface area (Å²) in [6.07, 6.45) is 3.30. The minimum absolute atomic E-state index is 0.568. The molecule has 0 unspecified atom stereocenters. The average molecular weight is 352 g/mol. The van der Waals surface area contributed by atoms with Crippen molar-refractivity contribution in [2.24, 2.45) is 0 Å². The fourth-order valence-electron chi connectivity index (χ4n) is 2.62. The SMILES string of the molecule is N#Cc1ccc(CSc2nnc(Cc3cccs3)n2C2CC2)cc1. The van der Waals surface area contributed by atoms with Crippen LogP contribution in [-0.4, -0.2) is 14.8 Å². The zero-order chi connectivity index (χ0) is 16.4. The zero-order valence-corrected chi connectivity index (χ0v) is 14.7. The summed E-state index contributed by atoms with van der Waals surface area (Å²) in [5, 5.41) is 20.9. The van der Waals surface area contributed by atoms with Gasteiger partial charge < -0.3 is 4.57 Å². The molecule has 1 saturated carbocycles. The van der Waals surface area contributed by atoms with E-state index in [0.29, 0.717) is 11.6 Å². The van der Waals surface area contributed by atoms with Crippen molar-refractivity contribution in [1.82, 2.24) is 14.8 Å². The van der Waals surface area contributed by atoms with Gasteiger partial charge in [-0.05, 0) is 42.0 Å². The van der Waals surface area contributed by atoms with E-state index in [0.717, 1.165) is 23.2 Å². The molecule has 0 amide bonds. The molecule has 0 bridgehead atoms. The Labute approximate surface area is 149 Å². The number of thiophene rings is 1. The Hall–Kier alpha value is -2.10. The van der Waals surface area contributed by atoms with Crippen LogP contribution in [0.1, 0.15) is 40.7 Å². The third-order valence-electron chi connectivity index (χ3n) is 4.01. The van der Waals surface area contributed by atoms with E-state index in [4.69, 9.17) is 5.26 Å². The summed E-state index contributed by atoms with van der Waals surface area (Å²) in [6.45, 7) is 0. The maximum Gasteiger partial charge on any atom is 0.191 e. The molecule has 24 heavy (non-hydrogen) atoms. The summed E-state index contributed by atoms with van der Waals surface area (Å²) in [7, 11) is 0. The van der Waals surface area contributed by atoms with Crippen molar-refractivity contribution >= 4 is 23.1 Å². The molecular formula is C18H16N4S2. The van der Waals surface area contributed by atoms with Gasteiger partial charge in [0.2, 0.25) is 0 Å². The summed E-state index contributed by atoms with van der Waals surface area (Å²) < 4.78 is 2.33. The van der Waals surface area contributed by atoms with E-state index in [1.165, 1.54) is 23.3 Å². The van der Waals surface area contributed by atoms with E-state index < -0.39 is 0 Å². The van der Waals surface area contributed by atoms with Crippen molar-refractivity contribution in [2.75, 3.05) is 0 Å². The Morgan fingerprint density at radius 1 is 1.21 bits per heavy atom. The number of nitrogens with zero attached hydrogens (tertiary/aromatic N) is 4. The molecule has 1 aliphatic carbocycles. The van der Waals surface area contributed by atoms with Crippen molar-refractivity contribution in [2.45, 2.75) is 36.2 Å². The topological polar surface area (TPSA) is 54.5 Å². The third kappa shape index (κ3) is 3.37. The van der Waals surface area contributed by atoms with Crippen LogP contribution in [-0.2, 0) is 12.2 Å². The summed E-state index contributed by atoms with van der Waals surface area (Å²) in [5.41, 5.74) is 1.90. The molecule has 2 heterocycles. The lowest BCUT2D eigenvalue weighted by atomic mass is 10.2. The van der Waals surface area contributed by atoms with Crippen LogP contribution < -0.4 is 0 Å². The number of benzene rings is 1. The van der Waals surface area contributed by atoms with Gasteiger partial charge in [-0.1, -0.05) is 30.0 Å². The number of rotatable bonds is 6. The van der Waals surface area contributed by atoms with Crippen molar-refractivity contribution in [1.29, 1.82) is 5.26 Å². The summed E-state index contributed by atoms with van der Waals surface area (Å²) in [4.78, 5) is 1.33. The van der Waals surface area contributed by atoms with Gasteiger partial charge in [0.25, 0.3) is 0 Å². The fourth-order valence-corrected chi connectivity index (χ4v) is 4.30. The molecule has 6 heteroatoms. The van der Waals surface area contributed by atoms with Gasteiger partial charge in [-0.2, -0.15) is 5.26 Å². The summed E-state index contributed by atoms with van der Waals surface area (Å²) in [6, 6.07) is 14.7. The lowest BCUT2D eigenvalue weighted by molar-refractivity contribution is 0.635. The monoisotopic (exact) mass is 352 g/mol. The van der Waals surface area contributed by atoms with Crippen LogP contribution in [0, 0.1) is 11.3 Å². The Balaban J connectivity index is 1.50. The van der Waals surface area contributed by atoms with Gasteiger partial charge >= 0.3 is 0 Å². The molecule has 0 saturated heterocycles. The van der Waals surface area contributed by atoms with Crippen LogP contribution in [0.5, 0.6) is 0 Å².